The molecule has 0 spiro atoms. The first-order chi connectivity index (χ1) is 8.50. The minimum Gasteiger partial charge on any atom is -0.258 e. The van der Waals surface area contributed by atoms with Crippen molar-refractivity contribution in [2.45, 2.75) is 13.8 Å². The fraction of sp³-hybridized carbons (Fsp3) is 0.154. The number of halogens is 1. The molecule has 2 aromatic rings. The summed E-state index contributed by atoms with van der Waals surface area (Å²) in [5.74, 6) is 0. The van der Waals surface area contributed by atoms with Gasteiger partial charge in [0.15, 0.2) is 0 Å². The molecule has 0 aliphatic carbocycles. The van der Waals surface area contributed by atoms with Gasteiger partial charge >= 0.3 is 0 Å². The lowest BCUT2D eigenvalue weighted by Crippen LogP contribution is -1.97. The lowest BCUT2D eigenvalue weighted by atomic mass is 10.00. The van der Waals surface area contributed by atoms with Crippen LogP contribution in [-0.4, -0.2) is 9.91 Å². The summed E-state index contributed by atoms with van der Waals surface area (Å²) >= 11 is 5.83. The molecule has 0 saturated carbocycles. The summed E-state index contributed by atoms with van der Waals surface area (Å²) in [6.07, 6.45) is 0. The van der Waals surface area contributed by atoms with Gasteiger partial charge in [-0.2, -0.15) is 0 Å². The molecule has 0 bridgehead atoms. The molecule has 0 N–H and O–H groups in total. The van der Waals surface area contributed by atoms with E-state index >= 15 is 0 Å². The monoisotopic (exact) mass is 262 g/mol. The molecule has 4 nitrogen and oxygen atoms in total. The van der Waals surface area contributed by atoms with Gasteiger partial charge in [-0.1, -0.05) is 29.8 Å². The Hall–Kier alpha value is -1.94. The van der Waals surface area contributed by atoms with Gasteiger partial charge in [0.2, 0.25) is 0 Å². The van der Waals surface area contributed by atoms with Crippen molar-refractivity contribution in [1.82, 2.24) is 4.98 Å². The van der Waals surface area contributed by atoms with E-state index in [1.807, 2.05) is 32.0 Å². The fourth-order valence-electron chi connectivity index (χ4n) is 1.78. The molecule has 0 atom stereocenters. The summed E-state index contributed by atoms with van der Waals surface area (Å²) in [6, 6.07) is 8.42. The molecule has 0 saturated heterocycles. The Morgan fingerprint density at radius 2 is 1.94 bits per heavy atom. The fourth-order valence-corrected chi connectivity index (χ4v) is 1.93. The molecule has 0 amide bonds. The minimum atomic E-state index is -0.444. The Balaban J connectivity index is 2.73. The van der Waals surface area contributed by atoms with Crippen LogP contribution in [0.2, 0.25) is 5.15 Å². The molecular weight excluding hydrogens is 252 g/mol. The van der Waals surface area contributed by atoms with E-state index in [9.17, 15) is 10.1 Å². The van der Waals surface area contributed by atoms with Crippen molar-refractivity contribution in [3.05, 3.63) is 56.7 Å². The summed E-state index contributed by atoms with van der Waals surface area (Å²) in [5.41, 5.74) is 3.05. The van der Waals surface area contributed by atoms with E-state index in [-0.39, 0.29) is 10.8 Å². The Kier molecular flexibility index (Phi) is 3.30. The van der Waals surface area contributed by atoms with E-state index < -0.39 is 4.92 Å². The van der Waals surface area contributed by atoms with Gasteiger partial charge in [0.25, 0.3) is 5.69 Å². The molecule has 0 unspecified atom stereocenters. The minimum absolute atomic E-state index is 0.0342. The Morgan fingerprint density at radius 1 is 1.22 bits per heavy atom. The van der Waals surface area contributed by atoms with Crippen LogP contribution in [0.4, 0.5) is 5.69 Å². The maximum atomic E-state index is 11.0. The first-order valence-electron chi connectivity index (χ1n) is 5.38. The number of aromatic nitrogens is 1. The van der Waals surface area contributed by atoms with Crippen LogP contribution < -0.4 is 0 Å². The standard InChI is InChI=1S/C13H11ClN2O2/c1-8-4-3-5-10(9(8)2)13-11(16(17)18)6-7-12(14)15-13/h3-7H,1-2H3. The summed E-state index contributed by atoms with van der Waals surface area (Å²) in [7, 11) is 0. The Labute approximate surface area is 109 Å². The smallest absolute Gasteiger partial charge is 0.258 e. The van der Waals surface area contributed by atoms with E-state index in [0.717, 1.165) is 16.7 Å². The van der Waals surface area contributed by atoms with Gasteiger partial charge in [0.1, 0.15) is 10.8 Å². The van der Waals surface area contributed by atoms with Gasteiger partial charge in [-0.3, -0.25) is 10.1 Å². The number of rotatable bonds is 2. The average molecular weight is 263 g/mol. The largest absolute Gasteiger partial charge is 0.295 e. The topological polar surface area (TPSA) is 56.0 Å². The molecular formula is C13H11ClN2O2. The Morgan fingerprint density at radius 3 is 2.61 bits per heavy atom. The highest BCUT2D eigenvalue weighted by Gasteiger charge is 2.19. The van der Waals surface area contributed by atoms with Crippen molar-refractivity contribution >= 4 is 17.3 Å². The first kappa shape index (κ1) is 12.5. The second-order valence-electron chi connectivity index (χ2n) is 4.01. The third kappa shape index (κ3) is 2.19. The predicted molar refractivity (Wildman–Crippen MR) is 70.8 cm³/mol. The number of nitro groups is 1. The average Bonchev–Trinajstić information content (AvgIpc) is 2.32. The van der Waals surface area contributed by atoms with Gasteiger partial charge < -0.3 is 0 Å². The van der Waals surface area contributed by atoms with Crippen molar-refractivity contribution in [2.24, 2.45) is 0 Å². The molecule has 0 aliphatic rings. The van der Waals surface area contributed by atoms with Gasteiger partial charge in [-0.15, -0.1) is 0 Å². The summed E-state index contributed by atoms with van der Waals surface area (Å²) in [5, 5.41) is 11.3. The summed E-state index contributed by atoms with van der Waals surface area (Å²) in [6.45, 7) is 3.87. The number of hydrogen-bond donors (Lipinski definition) is 0. The molecule has 18 heavy (non-hydrogen) atoms. The maximum Gasteiger partial charge on any atom is 0.295 e. The van der Waals surface area contributed by atoms with Crippen LogP contribution in [0.25, 0.3) is 11.3 Å². The van der Waals surface area contributed by atoms with Crippen LogP contribution in [-0.2, 0) is 0 Å². The third-order valence-electron chi connectivity index (χ3n) is 2.90. The van der Waals surface area contributed by atoms with E-state index in [2.05, 4.69) is 4.98 Å². The zero-order valence-electron chi connectivity index (χ0n) is 9.98. The van der Waals surface area contributed by atoms with E-state index in [0.29, 0.717) is 5.69 Å². The zero-order valence-corrected chi connectivity index (χ0v) is 10.7. The van der Waals surface area contributed by atoms with Crippen molar-refractivity contribution in [3.63, 3.8) is 0 Å². The normalized spacial score (nSPS) is 10.4. The third-order valence-corrected chi connectivity index (χ3v) is 3.11. The number of nitrogens with zero attached hydrogens (tertiary/aromatic N) is 2. The van der Waals surface area contributed by atoms with Gasteiger partial charge in [-0.25, -0.2) is 4.98 Å². The van der Waals surface area contributed by atoms with Crippen LogP contribution in [0, 0.1) is 24.0 Å². The predicted octanol–water partition coefficient (Wildman–Crippen LogP) is 3.93. The lowest BCUT2D eigenvalue weighted by Gasteiger charge is -2.08. The maximum absolute atomic E-state index is 11.0. The molecule has 92 valence electrons. The second-order valence-corrected chi connectivity index (χ2v) is 4.39. The molecule has 0 radical (unpaired) electrons. The number of pyridine rings is 1. The Bertz CT molecular complexity index is 626. The quantitative estimate of drug-likeness (QED) is 0.468. The van der Waals surface area contributed by atoms with E-state index in [1.54, 1.807) is 0 Å². The van der Waals surface area contributed by atoms with Gasteiger partial charge in [-0.05, 0) is 31.0 Å². The molecule has 1 aromatic carbocycles. The van der Waals surface area contributed by atoms with Gasteiger partial charge in [0, 0.05) is 11.6 Å². The molecule has 2 rings (SSSR count). The SMILES string of the molecule is Cc1cccc(-c2nc(Cl)ccc2[N+](=O)[O-])c1C. The van der Waals surface area contributed by atoms with Crippen molar-refractivity contribution in [1.29, 1.82) is 0 Å². The summed E-state index contributed by atoms with van der Waals surface area (Å²) in [4.78, 5) is 14.7. The molecule has 0 aliphatic heterocycles. The number of aryl methyl sites for hydroxylation is 1. The van der Waals surface area contributed by atoms with Crippen LogP contribution in [0.5, 0.6) is 0 Å². The molecule has 5 heteroatoms. The van der Waals surface area contributed by atoms with Crippen LogP contribution in [0.1, 0.15) is 11.1 Å². The van der Waals surface area contributed by atoms with Crippen molar-refractivity contribution in [3.8, 4) is 11.3 Å². The van der Waals surface area contributed by atoms with E-state index in [4.69, 9.17) is 11.6 Å². The molecule has 1 aromatic heterocycles. The highest BCUT2D eigenvalue weighted by atomic mass is 35.5. The molecule has 0 fully saturated rings. The second kappa shape index (κ2) is 4.74. The zero-order chi connectivity index (χ0) is 13.3. The highest BCUT2D eigenvalue weighted by molar-refractivity contribution is 6.29. The molecule has 1 heterocycles. The summed E-state index contributed by atoms with van der Waals surface area (Å²) < 4.78 is 0. The van der Waals surface area contributed by atoms with Gasteiger partial charge in [0.05, 0.1) is 4.92 Å². The highest BCUT2D eigenvalue weighted by Crippen LogP contribution is 2.32. The van der Waals surface area contributed by atoms with E-state index in [1.165, 1.54) is 12.1 Å². The van der Waals surface area contributed by atoms with Crippen LogP contribution >= 0.6 is 11.6 Å². The lowest BCUT2D eigenvalue weighted by molar-refractivity contribution is -0.384. The van der Waals surface area contributed by atoms with Crippen LogP contribution in [0.15, 0.2) is 30.3 Å². The van der Waals surface area contributed by atoms with Crippen molar-refractivity contribution in [2.75, 3.05) is 0 Å². The van der Waals surface area contributed by atoms with Crippen molar-refractivity contribution < 1.29 is 4.92 Å². The number of benzene rings is 1. The van der Waals surface area contributed by atoms with Crippen LogP contribution in [0.3, 0.4) is 0 Å². The first-order valence-corrected chi connectivity index (χ1v) is 5.76. The number of hydrogen-bond acceptors (Lipinski definition) is 3.